The molecule has 0 N–H and O–H groups in total. The van der Waals surface area contributed by atoms with Gasteiger partial charge in [-0.3, -0.25) is 4.79 Å². The van der Waals surface area contributed by atoms with Crippen molar-refractivity contribution in [1.29, 1.82) is 0 Å². The number of methoxy groups -OCH3 is 1. The van der Waals surface area contributed by atoms with E-state index in [9.17, 15) is 4.79 Å². The lowest BCUT2D eigenvalue weighted by atomic mass is 10.3. The molecule has 0 aliphatic carbocycles. The van der Waals surface area contributed by atoms with E-state index in [0.29, 0.717) is 23.2 Å². The van der Waals surface area contributed by atoms with E-state index in [1.807, 2.05) is 23.6 Å². The van der Waals surface area contributed by atoms with Crippen molar-refractivity contribution < 1.29 is 18.8 Å². The molecule has 3 aromatic rings. The van der Waals surface area contributed by atoms with Gasteiger partial charge >= 0.3 is 0 Å². The highest BCUT2D eigenvalue weighted by atomic mass is 32.1. The Morgan fingerprint density at radius 1 is 1.31 bits per heavy atom. The quantitative estimate of drug-likeness (QED) is 0.633. The van der Waals surface area contributed by atoms with Gasteiger partial charge in [0.25, 0.3) is 5.91 Å². The van der Waals surface area contributed by atoms with E-state index < -0.39 is 6.10 Å². The number of aromatic nitrogens is 2. The molecule has 0 saturated carbocycles. The van der Waals surface area contributed by atoms with E-state index in [0.717, 1.165) is 4.88 Å². The first-order chi connectivity index (χ1) is 12.6. The van der Waals surface area contributed by atoms with Crippen LogP contribution in [0.25, 0.3) is 10.7 Å². The van der Waals surface area contributed by atoms with Crippen LogP contribution < -0.4 is 9.47 Å². The van der Waals surface area contributed by atoms with Crippen LogP contribution >= 0.6 is 11.3 Å². The number of hydrogen-bond acceptors (Lipinski definition) is 7. The van der Waals surface area contributed by atoms with Crippen LogP contribution in [-0.2, 0) is 11.3 Å². The maximum absolute atomic E-state index is 12.5. The summed E-state index contributed by atoms with van der Waals surface area (Å²) < 4.78 is 16.1. The summed E-state index contributed by atoms with van der Waals surface area (Å²) in [5.41, 5.74) is 0. The highest BCUT2D eigenvalue weighted by Crippen LogP contribution is 2.22. The van der Waals surface area contributed by atoms with Crippen LogP contribution in [0.2, 0.25) is 0 Å². The van der Waals surface area contributed by atoms with Crippen LogP contribution in [0.1, 0.15) is 12.8 Å². The van der Waals surface area contributed by atoms with E-state index in [1.54, 1.807) is 39.3 Å². The smallest absolute Gasteiger partial charge is 0.263 e. The minimum Gasteiger partial charge on any atom is -0.497 e. The van der Waals surface area contributed by atoms with Gasteiger partial charge in [0, 0.05) is 13.1 Å². The largest absolute Gasteiger partial charge is 0.497 e. The SMILES string of the molecule is COc1cccc(OC(C)C(=O)N(C)Cc2nc(-c3cccs3)no2)c1. The second kappa shape index (κ2) is 8.01. The molecule has 0 saturated heterocycles. The third-order valence-corrected chi connectivity index (χ3v) is 4.53. The van der Waals surface area contributed by atoms with Crippen LogP contribution in [0.5, 0.6) is 11.5 Å². The zero-order valence-corrected chi connectivity index (χ0v) is 15.5. The Morgan fingerprint density at radius 3 is 2.85 bits per heavy atom. The van der Waals surface area contributed by atoms with Gasteiger partial charge in [0.2, 0.25) is 11.7 Å². The Hall–Kier alpha value is -2.87. The molecule has 8 heteroatoms. The zero-order valence-electron chi connectivity index (χ0n) is 14.7. The van der Waals surface area contributed by atoms with Crippen LogP contribution in [0.3, 0.4) is 0 Å². The summed E-state index contributed by atoms with van der Waals surface area (Å²) in [5.74, 6) is 1.94. The second-order valence-electron chi connectivity index (χ2n) is 5.62. The lowest BCUT2D eigenvalue weighted by Crippen LogP contribution is -2.37. The zero-order chi connectivity index (χ0) is 18.5. The van der Waals surface area contributed by atoms with Crippen LogP contribution in [0, 0.1) is 0 Å². The number of carbonyl (C=O) groups excluding carboxylic acids is 1. The van der Waals surface area contributed by atoms with Gasteiger partial charge in [0.15, 0.2) is 6.10 Å². The number of thiophene rings is 1. The van der Waals surface area contributed by atoms with Crippen molar-refractivity contribution in [3.8, 4) is 22.2 Å². The Labute approximate surface area is 155 Å². The summed E-state index contributed by atoms with van der Waals surface area (Å²) in [6.45, 7) is 1.91. The maximum Gasteiger partial charge on any atom is 0.263 e. The molecule has 26 heavy (non-hydrogen) atoms. The fraction of sp³-hybridized carbons (Fsp3) is 0.278. The second-order valence-corrected chi connectivity index (χ2v) is 6.57. The number of hydrogen-bond donors (Lipinski definition) is 0. The molecule has 2 aromatic heterocycles. The lowest BCUT2D eigenvalue weighted by Gasteiger charge is -2.20. The topological polar surface area (TPSA) is 77.7 Å². The van der Waals surface area contributed by atoms with Gasteiger partial charge < -0.3 is 18.9 Å². The molecule has 0 fully saturated rings. The van der Waals surface area contributed by atoms with E-state index in [4.69, 9.17) is 14.0 Å². The maximum atomic E-state index is 12.5. The van der Waals surface area contributed by atoms with Gasteiger partial charge in [-0.1, -0.05) is 17.3 Å². The summed E-state index contributed by atoms with van der Waals surface area (Å²) in [5, 5.41) is 5.89. The fourth-order valence-electron chi connectivity index (χ4n) is 2.35. The summed E-state index contributed by atoms with van der Waals surface area (Å²) in [4.78, 5) is 19.3. The molecule has 0 radical (unpaired) electrons. The van der Waals surface area contributed by atoms with Gasteiger partial charge in [-0.15, -0.1) is 11.3 Å². The van der Waals surface area contributed by atoms with Gasteiger partial charge in [-0.2, -0.15) is 4.98 Å². The molecule has 1 unspecified atom stereocenters. The predicted molar refractivity (Wildman–Crippen MR) is 97.2 cm³/mol. The first kappa shape index (κ1) is 17.9. The summed E-state index contributed by atoms with van der Waals surface area (Å²) in [7, 11) is 3.25. The van der Waals surface area contributed by atoms with Gasteiger partial charge in [0.05, 0.1) is 18.5 Å². The molecule has 3 rings (SSSR count). The summed E-state index contributed by atoms with van der Waals surface area (Å²) >= 11 is 1.53. The number of likely N-dealkylation sites (N-methyl/N-ethyl adjacent to an activating group) is 1. The van der Waals surface area contributed by atoms with Crippen molar-refractivity contribution in [3.05, 3.63) is 47.7 Å². The highest BCUT2D eigenvalue weighted by molar-refractivity contribution is 7.13. The van der Waals surface area contributed by atoms with Crippen LogP contribution in [-0.4, -0.2) is 41.2 Å². The molecular weight excluding hydrogens is 354 g/mol. The number of carbonyl (C=O) groups is 1. The lowest BCUT2D eigenvalue weighted by molar-refractivity contribution is -0.137. The minimum absolute atomic E-state index is 0.191. The number of rotatable bonds is 7. The van der Waals surface area contributed by atoms with Crippen molar-refractivity contribution in [2.24, 2.45) is 0 Å². The van der Waals surface area contributed by atoms with E-state index in [2.05, 4.69) is 10.1 Å². The molecule has 0 bridgehead atoms. The third-order valence-electron chi connectivity index (χ3n) is 3.66. The fourth-order valence-corrected chi connectivity index (χ4v) is 2.99. The normalized spacial score (nSPS) is 11.8. The van der Waals surface area contributed by atoms with Gasteiger partial charge in [0.1, 0.15) is 11.5 Å². The number of ether oxygens (including phenoxy) is 2. The standard InChI is InChI=1S/C18H19N3O4S/c1-12(24-14-7-4-6-13(10-14)23-3)18(22)21(2)11-16-19-17(20-25-16)15-8-5-9-26-15/h4-10,12H,11H2,1-3H3. The van der Waals surface area contributed by atoms with Crippen LogP contribution in [0.15, 0.2) is 46.3 Å². The average molecular weight is 373 g/mol. The van der Waals surface area contributed by atoms with Crippen molar-refractivity contribution >= 4 is 17.2 Å². The molecular formula is C18H19N3O4S. The van der Waals surface area contributed by atoms with Crippen molar-refractivity contribution in [2.75, 3.05) is 14.2 Å². The monoisotopic (exact) mass is 373 g/mol. The van der Waals surface area contributed by atoms with E-state index in [1.165, 1.54) is 16.2 Å². The summed E-state index contributed by atoms with van der Waals surface area (Å²) in [6, 6.07) is 11.0. The predicted octanol–water partition coefficient (Wildman–Crippen LogP) is 3.23. The first-order valence-electron chi connectivity index (χ1n) is 7.99. The molecule has 2 heterocycles. The van der Waals surface area contributed by atoms with E-state index in [-0.39, 0.29) is 12.5 Å². The molecule has 136 valence electrons. The average Bonchev–Trinajstić information content (AvgIpc) is 3.32. The Morgan fingerprint density at radius 2 is 2.12 bits per heavy atom. The molecule has 0 aliphatic rings. The molecule has 1 amide bonds. The highest BCUT2D eigenvalue weighted by Gasteiger charge is 2.21. The Balaban J connectivity index is 1.60. The minimum atomic E-state index is -0.660. The Kier molecular flexibility index (Phi) is 5.52. The van der Waals surface area contributed by atoms with Crippen molar-refractivity contribution in [2.45, 2.75) is 19.6 Å². The molecule has 1 atom stereocenters. The summed E-state index contributed by atoms with van der Waals surface area (Å²) in [6.07, 6.45) is -0.660. The molecule has 0 aliphatic heterocycles. The van der Waals surface area contributed by atoms with Crippen molar-refractivity contribution in [3.63, 3.8) is 0 Å². The van der Waals surface area contributed by atoms with E-state index >= 15 is 0 Å². The number of benzene rings is 1. The molecule has 0 spiro atoms. The Bertz CT molecular complexity index is 863. The third kappa shape index (κ3) is 4.20. The number of amides is 1. The van der Waals surface area contributed by atoms with Gasteiger partial charge in [-0.25, -0.2) is 0 Å². The van der Waals surface area contributed by atoms with Crippen LogP contribution in [0.4, 0.5) is 0 Å². The first-order valence-corrected chi connectivity index (χ1v) is 8.87. The molecule has 1 aromatic carbocycles. The number of nitrogens with zero attached hydrogens (tertiary/aromatic N) is 3. The van der Waals surface area contributed by atoms with Gasteiger partial charge in [-0.05, 0) is 30.5 Å². The van der Waals surface area contributed by atoms with Crippen molar-refractivity contribution in [1.82, 2.24) is 15.0 Å². The molecule has 7 nitrogen and oxygen atoms in total.